The standard InChI is InChI=1S/C15H18F2N2O5/c1-15(2,3)24-14(21)19-10-7-22-11-5-4-8(23-13(16)17)6-9(11)18-12(10)20/h4-6,10,13H,7H2,1-3H3,(H,18,20)(H,19,21)/t10-/m1/s1. The van der Waals surface area contributed by atoms with E-state index in [9.17, 15) is 18.4 Å². The quantitative estimate of drug-likeness (QED) is 0.880. The maximum atomic E-state index is 12.2. The third-order valence-electron chi connectivity index (χ3n) is 2.85. The van der Waals surface area contributed by atoms with Gasteiger partial charge in [0.15, 0.2) is 0 Å². The molecular formula is C15H18F2N2O5. The van der Waals surface area contributed by atoms with Crippen molar-refractivity contribution in [1.82, 2.24) is 5.32 Å². The lowest BCUT2D eigenvalue weighted by Gasteiger charge is -2.22. The number of benzene rings is 1. The minimum Gasteiger partial charge on any atom is -0.489 e. The zero-order chi connectivity index (χ0) is 17.9. The van der Waals surface area contributed by atoms with E-state index in [1.807, 2.05) is 0 Å². The molecule has 1 aromatic carbocycles. The van der Waals surface area contributed by atoms with Crippen molar-refractivity contribution in [2.45, 2.75) is 39.0 Å². The van der Waals surface area contributed by atoms with Crippen molar-refractivity contribution in [3.8, 4) is 11.5 Å². The van der Waals surface area contributed by atoms with E-state index in [4.69, 9.17) is 9.47 Å². The van der Waals surface area contributed by atoms with Crippen LogP contribution in [0.5, 0.6) is 11.5 Å². The molecule has 9 heteroatoms. The van der Waals surface area contributed by atoms with E-state index >= 15 is 0 Å². The van der Waals surface area contributed by atoms with Crippen LogP contribution in [0.3, 0.4) is 0 Å². The first-order chi connectivity index (χ1) is 11.1. The molecule has 0 spiro atoms. The molecule has 0 saturated carbocycles. The first-order valence-corrected chi connectivity index (χ1v) is 7.16. The van der Waals surface area contributed by atoms with E-state index in [2.05, 4.69) is 15.4 Å². The van der Waals surface area contributed by atoms with E-state index in [1.54, 1.807) is 20.8 Å². The predicted molar refractivity (Wildman–Crippen MR) is 80.4 cm³/mol. The topological polar surface area (TPSA) is 85.9 Å². The molecule has 0 radical (unpaired) electrons. The molecule has 2 amide bonds. The summed E-state index contributed by atoms with van der Waals surface area (Å²) < 4.78 is 39.3. The lowest BCUT2D eigenvalue weighted by atomic mass is 10.2. The van der Waals surface area contributed by atoms with Crippen molar-refractivity contribution in [3.63, 3.8) is 0 Å². The smallest absolute Gasteiger partial charge is 0.408 e. The van der Waals surface area contributed by atoms with Gasteiger partial charge in [0.25, 0.3) is 5.91 Å². The molecule has 1 aliphatic rings. The third kappa shape index (κ3) is 4.97. The lowest BCUT2D eigenvalue weighted by molar-refractivity contribution is -0.118. The fraction of sp³-hybridized carbons (Fsp3) is 0.467. The van der Waals surface area contributed by atoms with Crippen molar-refractivity contribution in [2.75, 3.05) is 11.9 Å². The number of fused-ring (bicyclic) bond motifs is 1. The number of anilines is 1. The van der Waals surface area contributed by atoms with E-state index < -0.39 is 30.3 Å². The second-order valence-electron chi connectivity index (χ2n) is 6.04. The van der Waals surface area contributed by atoms with Crippen LogP contribution in [0.2, 0.25) is 0 Å². The van der Waals surface area contributed by atoms with E-state index in [0.29, 0.717) is 0 Å². The number of nitrogens with one attached hydrogen (secondary N) is 2. The summed E-state index contributed by atoms with van der Waals surface area (Å²) in [7, 11) is 0. The van der Waals surface area contributed by atoms with Crippen molar-refractivity contribution >= 4 is 17.7 Å². The van der Waals surface area contributed by atoms with Crippen molar-refractivity contribution in [3.05, 3.63) is 18.2 Å². The summed E-state index contributed by atoms with van der Waals surface area (Å²) in [5.41, 5.74) is -0.539. The van der Waals surface area contributed by atoms with Gasteiger partial charge in [0.1, 0.15) is 29.7 Å². The largest absolute Gasteiger partial charge is 0.489 e. The predicted octanol–water partition coefficient (Wildman–Crippen LogP) is 2.51. The van der Waals surface area contributed by atoms with Crippen LogP contribution in [0.1, 0.15) is 20.8 Å². The molecule has 0 aliphatic carbocycles. The van der Waals surface area contributed by atoms with Gasteiger partial charge in [-0.1, -0.05) is 0 Å². The van der Waals surface area contributed by atoms with Crippen LogP contribution in [0, 0.1) is 0 Å². The summed E-state index contributed by atoms with van der Waals surface area (Å²) in [6.45, 7) is 1.96. The maximum absolute atomic E-state index is 12.2. The Morgan fingerprint density at radius 2 is 2.12 bits per heavy atom. The van der Waals surface area contributed by atoms with Gasteiger partial charge >= 0.3 is 12.7 Å². The Morgan fingerprint density at radius 1 is 1.42 bits per heavy atom. The number of hydrogen-bond acceptors (Lipinski definition) is 5. The van der Waals surface area contributed by atoms with Gasteiger partial charge in [-0.2, -0.15) is 8.78 Å². The van der Waals surface area contributed by atoms with Gasteiger partial charge in [0.2, 0.25) is 0 Å². The molecule has 0 unspecified atom stereocenters. The Bertz CT molecular complexity index is 631. The zero-order valence-electron chi connectivity index (χ0n) is 13.4. The number of ether oxygens (including phenoxy) is 3. The Morgan fingerprint density at radius 3 is 2.75 bits per heavy atom. The molecule has 2 rings (SSSR count). The molecule has 24 heavy (non-hydrogen) atoms. The van der Waals surface area contributed by atoms with Crippen LogP contribution >= 0.6 is 0 Å². The molecule has 0 fully saturated rings. The molecule has 1 aromatic rings. The summed E-state index contributed by atoms with van der Waals surface area (Å²) in [5, 5.41) is 4.89. The average Bonchev–Trinajstić information content (AvgIpc) is 2.55. The molecule has 0 bridgehead atoms. The fourth-order valence-corrected chi connectivity index (χ4v) is 1.93. The number of alkyl carbamates (subject to hydrolysis) is 1. The van der Waals surface area contributed by atoms with E-state index in [-0.39, 0.29) is 23.8 Å². The van der Waals surface area contributed by atoms with Crippen molar-refractivity contribution < 1.29 is 32.6 Å². The first kappa shape index (κ1) is 17.8. The van der Waals surface area contributed by atoms with E-state index in [0.717, 1.165) is 0 Å². The molecule has 0 saturated heterocycles. The monoisotopic (exact) mass is 344 g/mol. The average molecular weight is 344 g/mol. The number of hydrogen-bond donors (Lipinski definition) is 2. The van der Waals surface area contributed by atoms with Gasteiger partial charge in [0, 0.05) is 6.07 Å². The van der Waals surface area contributed by atoms with Crippen LogP contribution in [0.25, 0.3) is 0 Å². The van der Waals surface area contributed by atoms with Crippen LogP contribution < -0.4 is 20.1 Å². The summed E-state index contributed by atoms with van der Waals surface area (Å²) in [4.78, 5) is 23.9. The number of rotatable bonds is 3. The Kier molecular flexibility index (Phi) is 5.10. The molecule has 1 atom stereocenters. The van der Waals surface area contributed by atoms with Crippen LogP contribution in [0.4, 0.5) is 19.3 Å². The normalized spacial score (nSPS) is 17.2. The zero-order valence-corrected chi connectivity index (χ0v) is 13.4. The number of carbonyl (C=O) groups excluding carboxylic acids is 2. The third-order valence-corrected chi connectivity index (χ3v) is 2.85. The van der Waals surface area contributed by atoms with E-state index in [1.165, 1.54) is 18.2 Å². The van der Waals surface area contributed by atoms with Gasteiger partial charge in [-0.3, -0.25) is 4.79 Å². The molecule has 0 aromatic heterocycles. The number of amides is 2. The highest BCUT2D eigenvalue weighted by Gasteiger charge is 2.28. The number of halogens is 2. The SMILES string of the molecule is CC(C)(C)OC(=O)N[C@@H]1COc2ccc(OC(F)F)cc2NC1=O. The maximum Gasteiger partial charge on any atom is 0.408 e. The van der Waals surface area contributed by atoms with Gasteiger partial charge < -0.3 is 24.8 Å². The summed E-state index contributed by atoms with van der Waals surface area (Å²) in [6.07, 6.45) is -0.765. The molecular weight excluding hydrogens is 326 g/mol. The molecule has 2 N–H and O–H groups in total. The molecule has 1 heterocycles. The lowest BCUT2D eigenvalue weighted by Crippen LogP contribution is -2.48. The summed E-state index contributed by atoms with van der Waals surface area (Å²) in [6, 6.07) is 2.91. The fourth-order valence-electron chi connectivity index (χ4n) is 1.93. The summed E-state index contributed by atoms with van der Waals surface area (Å²) >= 11 is 0. The second-order valence-corrected chi connectivity index (χ2v) is 6.04. The van der Waals surface area contributed by atoms with Gasteiger partial charge in [-0.25, -0.2) is 4.79 Å². The Labute approximate surface area is 137 Å². The first-order valence-electron chi connectivity index (χ1n) is 7.16. The van der Waals surface area contributed by atoms with Gasteiger partial charge in [-0.15, -0.1) is 0 Å². The minimum absolute atomic E-state index is 0.119. The Hall–Kier alpha value is -2.58. The van der Waals surface area contributed by atoms with Crippen molar-refractivity contribution in [2.24, 2.45) is 0 Å². The molecule has 132 valence electrons. The van der Waals surface area contributed by atoms with Gasteiger partial charge in [0.05, 0.1) is 5.69 Å². The summed E-state index contributed by atoms with van der Waals surface area (Å²) in [5.74, 6) is -0.404. The highest BCUT2D eigenvalue weighted by Crippen LogP contribution is 2.31. The molecule has 1 aliphatic heterocycles. The van der Waals surface area contributed by atoms with Gasteiger partial charge in [-0.05, 0) is 32.9 Å². The van der Waals surface area contributed by atoms with Crippen LogP contribution in [-0.4, -0.2) is 36.9 Å². The highest BCUT2D eigenvalue weighted by atomic mass is 19.3. The van der Waals surface area contributed by atoms with Crippen LogP contribution in [0.15, 0.2) is 18.2 Å². The van der Waals surface area contributed by atoms with Crippen molar-refractivity contribution in [1.29, 1.82) is 0 Å². The van der Waals surface area contributed by atoms with Crippen LogP contribution in [-0.2, 0) is 9.53 Å². The minimum atomic E-state index is -2.98. The number of alkyl halides is 2. The highest BCUT2D eigenvalue weighted by molar-refractivity contribution is 5.98. The Balaban J connectivity index is 2.06. The second kappa shape index (κ2) is 6.90. The number of carbonyl (C=O) groups is 2. The molecule has 7 nitrogen and oxygen atoms in total.